The van der Waals surface area contributed by atoms with Gasteiger partial charge in [0.25, 0.3) is 0 Å². The summed E-state index contributed by atoms with van der Waals surface area (Å²) < 4.78 is 0. The molecule has 0 heterocycles. The van der Waals surface area contributed by atoms with Gasteiger partial charge in [0.15, 0.2) is 0 Å². The number of hydrogen-bond donors (Lipinski definition) is 0. The highest BCUT2D eigenvalue weighted by molar-refractivity contribution is 6.03. The second kappa shape index (κ2) is 14.0. The molecule has 1 spiro atoms. The van der Waals surface area contributed by atoms with E-state index in [9.17, 15) is 0 Å². The summed E-state index contributed by atoms with van der Waals surface area (Å²) in [7, 11) is 0. The fraction of sp³-hybridized carbons (Fsp3) is 0.0847. The van der Waals surface area contributed by atoms with Gasteiger partial charge in [-0.05, 0) is 146 Å². The summed E-state index contributed by atoms with van der Waals surface area (Å²) in [6.07, 6.45) is 4.61. The first-order chi connectivity index (χ1) is 29.8. The lowest BCUT2D eigenvalue weighted by atomic mass is 9.70. The number of aryl methyl sites for hydroxylation is 1. The predicted octanol–water partition coefficient (Wildman–Crippen LogP) is 15.4. The van der Waals surface area contributed by atoms with Crippen LogP contribution in [-0.4, -0.2) is 0 Å². The van der Waals surface area contributed by atoms with Crippen molar-refractivity contribution in [2.45, 2.75) is 31.1 Å². The third-order valence-corrected chi connectivity index (χ3v) is 13.5. The second-order valence-electron chi connectivity index (χ2n) is 16.6. The third-order valence-electron chi connectivity index (χ3n) is 13.5. The first kappa shape index (κ1) is 34.8. The average molecular weight is 766 g/mol. The molecule has 0 bridgehead atoms. The van der Waals surface area contributed by atoms with Gasteiger partial charge in [0.1, 0.15) is 0 Å². The zero-order valence-electron chi connectivity index (χ0n) is 33.5. The molecule has 0 saturated heterocycles. The molecule has 12 rings (SSSR count). The van der Waals surface area contributed by atoms with Crippen molar-refractivity contribution in [2.75, 3.05) is 4.90 Å². The number of anilines is 3. The molecule has 60 heavy (non-hydrogen) atoms. The maximum atomic E-state index is 2.60. The molecule has 0 radical (unpaired) electrons. The lowest BCUT2D eigenvalue weighted by Crippen LogP contribution is -2.26. The number of fused-ring (bicyclic) bond motifs is 11. The van der Waals surface area contributed by atoms with Crippen LogP contribution in [0.5, 0.6) is 0 Å². The van der Waals surface area contributed by atoms with E-state index in [2.05, 4.69) is 217 Å². The topological polar surface area (TPSA) is 3.24 Å². The summed E-state index contributed by atoms with van der Waals surface area (Å²) in [4.78, 5) is 2.53. The molecule has 0 fully saturated rings. The van der Waals surface area contributed by atoms with E-state index in [0.29, 0.717) is 0 Å². The maximum absolute atomic E-state index is 2.60. The van der Waals surface area contributed by atoms with Gasteiger partial charge in [-0.25, -0.2) is 0 Å². The molecule has 284 valence electrons. The minimum Gasteiger partial charge on any atom is -0.310 e. The SMILES string of the molecule is c1ccc(-c2ccc(N(c3ccccc3)c3cc4c(cc3-c3c(-c5ccccc5)ccc5c3CCCC5)-c3ccccc3C43c4ccccc4-c4ccccc43)cc2)cc1. The van der Waals surface area contributed by atoms with E-state index in [1.54, 1.807) is 0 Å². The number of nitrogens with zero attached hydrogens (tertiary/aromatic N) is 1. The zero-order chi connectivity index (χ0) is 39.6. The monoisotopic (exact) mass is 765 g/mol. The lowest BCUT2D eigenvalue weighted by molar-refractivity contribution is 0.687. The summed E-state index contributed by atoms with van der Waals surface area (Å²) in [6, 6.07) is 79.5. The summed E-state index contributed by atoms with van der Waals surface area (Å²) in [5.41, 5.74) is 24.3. The van der Waals surface area contributed by atoms with Gasteiger partial charge >= 0.3 is 0 Å². The van der Waals surface area contributed by atoms with Crippen LogP contribution in [0.1, 0.15) is 46.2 Å². The average Bonchev–Trinajstić information content (AvgIpc) is 3.79. The normalized spacial score (nSPS) is 13.9. The van der Waals surface area contributed by atoms with E-state index in [0.717, 1.165) is 24.2 Å². The molecule has 0 aromatic heterocycles. The first-order valence-electron chi connectivity index (χ1n) is 21.5. The Morgan fingerprint density at radius 2 is 0.833 bits per heavy atom. The Hall–Kier alpha value is -7.22. The van der Waals surface area contributed by atoms with Gasteiger partial charge < -0.3 is 4.90 Å². The van der Waals surface area contributed by atoms with E-state index in [4.69, 9.17) is 0 Å². The fourth-order valence-corrected chi connectivity index (χ4v) is 10.9. The van der Waals surface area contributed by atoms with E-state index < -0.39 is 5.41 Å². The first-order valence-corrected chi connectivity index (χ1v) is 21.5. The Labute approximate surface area is 352 Å². The molecule has 9 aromatic carbocycles. The van der Waals surface area contributed by atoms with Crippen molar-refractivity contribution in [2.24, 2.45) is 0 Å². The molecular formula is C59H43N. The Bertz CT molecular complexity index is 3030. The van der Waals surface area contributed by atoms with Crippen LogP contribution in [0.4, 0.5) is 17.1 Å². The van der Waals surface area contributed by atoms with Crippen LogP contribution >= 0.6 is 0 Å². The molecule has 0 atom stereocenters. The van der Waals surface area contributed by atoms with Gasteiger partial charge in [0.05, 0.1) is 11.1 Å². The van der Waals surface area contributed by atoms with Crippen LogP contribution in [0.25, 0.3) is 55.6 Å². The molecular weight excluding hydrogens is 723 g/mol. The summed E-state index contributed by atoms with van der Waals surface area (Å²) in [5.74, 6) is 0. The summed E-state index contributed by atoms with van der Waals surface area (Å²) in [5, 5.41) is 0. The van der Waals surface area contributed by atoms with Crippen molar-refractivity contribution in [3.63, 3.8) is 0 Å². The Balaban J connectivity index is 1.22. The van der Waals surface area contributed by atoms with Crippen LogP contribution in [0.2, 0.25) is 0 Å². The van der Waals surface area contributed by atoms with Crippen LogP contribution in [-0.2, 0) is 18.3 Å². The standard InChI is InChI=1S/C59H43N/c1-4-18-40(19-5-1)41-32-35-45(36-33-41)60(44-23-8-3-9-24-44)57-39-56-51(38-52(57)58-46-25-11-10-22-43(46)34-37-47(58)42-20-6-2-7-21-42)50-28-14-17-31-55(50)59(56)53-29-15-12-26-48(53)49-27-13-16-30-54(49)59/h1-9,12-21,23-24,26-39H,10-11,22,25H2. The van der Waals surface area contributed by atoms with E-state index in [1.165, 1.54) is 108 Å². The summed E-state index contributed by atoms with van der Waals surface area (Å²) in [6.45, 7) is 0. The molecule has 3 aliphatic carbocycles. The Kier molecular flexibility index (Phi) is 8.10. The minimum absolute atomic E-state index is 0.468. The number of rotatable bonds is 6. The van der Waals surface area contributed by atoms with Crippen molar-refractivity contribution in [1.29, 1.82) is 0 Å². The smallest absolute Gasteiger partial charge is 0.0726 e. The van der Waals surface area contributed by atoms with Crippen molar-refractivity contribution >= 4 is 17.1 Å². The van der Waals surface area contributed by atoms with E-state index in [-0.39, 0.29) is 0 Å². The molecule has 0 amide bonds. The number of hydrogen-bond acceptors (Lipinski definition) is 1. The van der Waals surface area contributed by atoms with Crippen LogP contribution in [0.3, 0.4) is 0 Å². The Morgan fingerprint density at radius 1 is 0.333 bits per heavy atom. The fourth-order valence-electron chi connectivity index (χ4n) is 10.9. The predicted molar refractivity (Wildman–Crippen MR) is 250 cm³/mol. The molecule has 3 aliphatic rings. The highest BCUT2D eigenvalue weighted by atomic mass is 15.1. The van der Waals surface area contributed by atoms with Gasteiger partial charge in [0, 0.05) is 16.9 Å². The van der Waals surface area contributed by atoms with Gasteiger partial charge in [-0.15, -0.1) is 0 Å². The molecule has 0 N–H and O–H groups in total. The maximum Gasteiger partial charge on any atom is 0.0726 e. The minimum atomic E-state index is -0.468. The van der Waals surface area contributed by atoms with E-state index in [1.807, 2.05) is 0 Å². The van der Waals surface area contributed by atoms with Gasteiger partial charge in [-0.1, -0.05) is 176 Å². The molecule has 9 aromatic rings. The molecule has 0 aliphatic heterocycles. The summed E-state index contributed by atoms with van der Waals surface area (Å²) >= 11 is 0. The van der Waals surface area contributed by atoms with Crippen LogP contribution in [0.15, 0.2) is 212 Å². The quantitative estimate of drug-likeness (QED) is 0.163. The highest BCUT2D eigenvalue weighted by Gasteiger charge is 2.52. The van der Waals surface area contributed by atoms with Crippen LogP contribution < -0.4 is 4.90 Å². The zero-order valence-corrected chi connectivity index (χ0v) is 33.5. The molecule has 1 nitrogen and oxygen atoms in total. The third kappa shape index (κ3) is 5.19. The molecule has 0 saturated carbocycles. The number of benzene rings is 9. The van der Waals surface area contributed by atoms with Crippen molar-refractivity contribution < 1.29 is 0 Å². The lowest BCUT2D eigenvalue weighted by Gasteiger charge is -2.34. The Morgan fingerprint density at radius 3 is 1.47 bits per heavy atom. The van der Waals surface area contributed by atoms with Gasteiger partial charge in [0.2, 0.25) is 0 Å². The van der Waals surface area contributed by atoms with Crippen molar-refractivity contribution in [1.82, 2.24) is 0 Å². The van der Waals surface area contributed by atoms with E-state index >= 15 is 0 Å². The van der Waals surface area contributed by atoms with Gasteiger partial charge in [-0.3, -0.25) is 0 Å². The second-order valence-corrected chi connectivity index (χ2v) is 16.6. The highest BCUT2D eigenvalue weighted by Crippen LogP contribution is 2.64. The largest absolute Gasteiger partial charge is 0.310 e. The van der Waals surface area contributed by atoms with Crippen molar-refractivity contribution in [3.05, 3.63) is 246 Å². The molecule has 1 heteroatoms. The van der Waals surface area contributed by atoms with Crippen LogP contribution in [0, 0.1) is 0 Å². The number of para-hydroxylation sites is 1. The molecule has 0 unspecified atom stereocenters. The van der Waals surface area contributed by atoms with Crippen molar-refractivity contribution in [3.8, 4) is 55.6 Å². The van der Waals surface area contributed by atoms with Gasteiger partial charge in [-0.2, -0.15) is 0 Å².